The molecular formula is C17H24N4O2S. The van der Waals surface area contributed by atoms with Gasteiger partial charge in [-0.25, -0.2) is 9.78 Å². The molecule has 1 aliphatic rings. The first-order valence-electron chi connectivity index (χ1n) is 8.29. The number of anilines is 1. The van der Waals surface area contributed by atoms with Gasteiger partial charge in [-0.3, -0.25) is 4.90 Å². The molecular weight excluding hydrogens is 324 g/mol. The van der Waals surface area contributed by atoms with E-state index in [1.54, 1.807) is 11.3 Å². The van der Waals surface area contributed by atoms with Crippen LogP contribution in [-0.4, -0.2) is 54.3 Å². The van der Waals surface area contributed by atoms with Crippen LogP contribution in [0.1, 0.15) is 18.9 Å². The molecule has 2 heterocycles. The number of thiazole rings is 1. The summed E-state index contributed by atoms with van der Waals surface area (Å²) < 4.78 is 6.80. The Morgan fingerprint density at radius 3 is 2.88 bits per heavy atom. The molecule has 3 rings (SSSR count). The van der Waals surface area contributed by atoms with E-state index in [1.165, 1.54) is 0 Å². The minimum Gasteiger partial charge on any atom is -0.373 e. The summed E-state index contributed by atoms with van der Waals surface area (Å²) in [5, 5.41) is 6.83. The molecule has 24 heavy (non-hydrogen) atoms. The zero-order valence-electron chi connectivity index (χ0n) is 14.3. The number of nitrogens with zero attached hydrogens (tertiary/aromatic N) is 2. The van der Waals surface area contributed by atoms with Crippen molar-refractivity contribution in [3.63, 3.8) is 0 Å². The Bertz CT molecular complexity index is 708. The third-order valence-electron chi connectivity index (χ3n) is 3.96. The highest BCUT2D eigenvalue weighted by molar-refractivity contribution is 7.18. The van der Waals surface area contributed by atoms with Crippen LogP contribution < -0.4 is 10.6 Å². The number of aryl methyl sites for hydroxylation is 1. The first-order chi connectivity index (χ1) is 11.5. The van der Waals surface area contributed by atoms with Gasteiger partial charge in [0.05, 0.1) is 27.4 Å². The highest BCUT2D eigenvalue weighted by Crippen LogP contribution is 2.24. The van der Waals surface area contributed by atoms with Gasteiger partial charge in [-0.05, 0) is 39.0 Å². The molecule has 0 saturated carbocycles. The Morgan fingerprint density at radius 1 is 1.38 bits per heavy atom. The predicted octanol–water partition coefficient (Wildman–Crippen LogP) is 2.84. The molecule has 2 atom stereocenters. The van der Waals surface area contributed by atoms with Crippen molar-refractivity contribution in [1.82, 2.24) is 15.2 Å². The lowest BCUT2D eigenvalue weighted by Gasteiger charge is -2.35. The number of carbonyl (C=O) groups excluding carboxylic acids is 1. The lowest BCUT2D eigenvalue weighted by molar-refractivity contribution is -0.0672. The molecule has 0 aliphatic carbocycles. The molecule has 7 heteroatoms. The van der Waals surface area contributed by atoms with Crippen LogP contribution in [0.5, 0.6) is 0 Å². The fourth-order valence-electron chi connectivity index (χ4n) is 3.09. The molecule has 0 bridgehead atoms. The van der Waals surface area contributed by atoms with Gasteiger partial charge in [0.25, 0.3) is 0 Å². The standard InChI is InChI=1S/C17H24N4O2S/c1-11-9-21(10-12(2)23-11)7-6-18-17(22)20-14-4-5-15-16(8-14)24-13(3)19-15/h4-5,8,11-12H,6-7,9-10H2,1-3H3,(H2,18,20,22)/t11-,12-/m0/s1. The summed E-state index contributed by atoms with van der Waals surface area (Å²) in [5.41, 5.74) is 1.76. The van der Waals surface area contributed by atoms with Crippen molar-refractivity contribution in [1.29, 1.82) is 0 Å². The zero-order valence-corrected chi connectivity index (χ0v) is 15.2. The first kappa shape index (κ1) is 17.1. The Labute approximate surface area is 146 Å². The summed E-state index contributed by atoms with van der Waals surface area (Å²) >= 11 is 1.63. The number of rotatable bonds is 4. The Morgan fingerprint density at radius 2 is 2.12 bits per heavy atom. The van der Waals surface area contributed by atoms with Crippen molar-refractivity contribution in [3.8, 4) is 0 Å². The summed E-state index contributed by atoms with van der Waals surface area (Å²) in [4.78, 5) is 18.8. The highest BCUT2D eigenvalue weighted by atomic mass is 32.1. The maximum atomic E-state index is 12.0. The number of amides is 2. The number of hydrogen-bond donors (Lipinski definition) is 2. The zero-order chi connectivity index (χ0) is 17.1. The van der Waals surface area contributed by atoms with Crippen LogP contribution in [0.4, 0.5) is 10.5 Å². The lowest BCUT2D eigenvalue weighted by Crippen LogP contribution is -2.48. The van der Waals surface area contributed by atoms with Crippen molar-refractivity contribution in [2.75, 3.05) is 31.5 Å². The molecule has 1 aliphatic heterocycles. The fourth-order valence-corrected chi connectivity index (χ4v) is 3.95. The third kappa shape index (κ3) is 4.43. The van der Waals surface area contributed by atoms with E-state index in [9.17, 15) is 4.79 Å². The van der Waals surface area contributed by atoms with Gasteiger partial charge >= 0.3 is 6.03 Å². The van der Waals surface area contributed by atoms with Crippen molar-refractivity contribution in [2.45, 2.75) is 33.0 Å². The molecule has 2 aromatic rings. The van der Waals surface area contributed by atoms with Gasteiger partial charge in [0, 0.05) is 31.9 Å². The fraction of sp³-hybridized carbons (Fsp3) is 0.529. The summed E-state index contributed by atoms with van der Waals surface area (Å²) in [7, 11) is 0. The average molecular weight is 348 g/mol. The maximum absolute atomic E-state index is 12.0. The molecule has 2 amide bonds. The SMILES string of the molecule is Cc1nc2ccc(NC(=O)NCCN3C[C@H](C)O[C@@H](C)C3)cc2s1. The van der Waals surface area contributed by atoms with E-state index in [0.717, 1.165) is 40.5 Å². The highest BCUT2D eigenvalue weighted by Gasteiger charge is 2.21. The molecule has 0 unspecified atom stereocenters. The van der Waals surface area contributed by atoms with Crippen LogP contribution in [0.15, 0.2) is 18.2 Å². The quantitative estimate of drug-likeness (QED) is 0.892. The van der Waals surface area contributed by atoms with Gasteiger partial charge in [-0.15, -0.1) is 11.3 Å². The van der Waals surface area contributed by atoms with Crippen molar-refractivity contribution >= 4 is 33.3 Å². The number of benzene rings is 1. The molecule has 1 saturated heterocycles. The van der Waals surface area contributed by atoms with E-state index >= 15 is 0 Å². The second-order valence-electron chi connectivity index (χ2n) is 6.31. The third-order valence-corrected chi connectivity index (χ3v) is 4.90. The minimum absolute atomic E-state index is 0.176. The van der Waals surface area contributed by atoms with Crippen LogP contribution in [-0.2, 0) is 4.74 Å². The first-order valence-corrected chi connectivity index (χ1v) is 9.11. The second-order valence-corrected chi connectivity index (χ2v) is 7.55. The van der Waals surface area contributed by atoms with Crippen LogP contribution in [0.2, 0.25) is 0 Å². The average Bonchev–Trinajstić information content (AvgIpc) is 2.85. The Kier molecular flexibility index (Phi) is 5.33. The van der Waals surface area contributed by atoms with Crippen molar-refractivity contribution in [2.24, 2.45) is 0 Å². The number of urea groups is 1. The van der Waals surface area contributed by atoms with E-state index < -0.39 is 0 Å². The summed E-state index contributed by atoms with van der Waals surface area (Å²) in [6.07, 6.45) is 0.495. The van der Waals surface area contributed by atoms with Crippen molar-refractivity contribution < 1.29 is 9.53 Å². The molecule has 1 aromatic carbocycles. The topological polar surface area (TPSA) is 66.5 Å². The number of hydrogen-bond acceptors (Lipinski definition) is 5. The predicted molar refractivity (Wildman–Crippen MR) is 97.8 cm³/mol. The number of aromatic nitrogens is 1. The normalized spacial score (nSPS) is 21.8. The van der Waals surface area contributed by atoms with Gasteiger partial charge in [0.2, 0.25) is 0 Å². The summed E-state index contributed by atoms with van der Waals surface area (Å²) in [6, 6.07) is 5.60. The van der Waals surface area contributed by atoms with Crippen LogP contribution in [0, 0.1) is 6.92 Å². The maximum Gasteiger partial charge on any atom is 0.319 e. The number of ether oxygens (including phenoxy) is 1. The van der Waals surface area contributed by atoms with E-state index in [-0.39, 0.29) is 18.2 Å². The largest absolute Gasteiger partial charge is 0.373 e. The number of nitrogens with one attached hydrogen (secondary N) is 2. The van der Waals surface area contributed by atoms with Gasteiger partial charge in [-0.1, -0.05) is 0 Å². The number of fused-ring (bicyclic) bond motifs is 1. The Balaban J connectivity index is 1.46. The molecule has 2 N–H and O–H groups in total. The minimum atomic E-state index is -0.176. The van der Waals surface area contributed by atoms with E-state index in [0.29, 0.717) is 6.54 Å². The monoisotopic (exact) mass is 348 g/mol. The van der Waals surface area contributed by atoms with E-state index in [4.69, 9.17) is 4.74 Å². The summed E-state index contributed by atoms with van der Waals surface area (Å²) in [6.45, 7) is 9.42. The molecule has 0 radical (unpaired) electrons. The molecule has 0 spiro atoms. The van der Waals surface area contributed by atoms with E-state index in [2.05, 4.69) is 34.4 Å². The number of morpholine rings is 1. The van der Waals surface area contributed by atoms with Crippen molar-refractivity contribution in [3.05, 3.63) is 23.2 Å². The van der Waals surface area contributed by atoms with Gasteiger partial charge in [0.1, 0.15) is 0 Å². The molecule has 130 valence electrons. The summed E-state index contributed by atoms with van der Waals surface area (Å²) in [5.74, 6) is 0. The van der Waals surface area contributed by atoms with Gasteiger partial charge < -0.3 is 15.4 Å². The number of carbonyl (C=O) groups is 1. The van der Waals surface area contributed by atoms with E-state index in [1.807, 2.05) is 25.1 Å². The molecule has 6 nitrogen and oxygen atoms in total. The lowest BCUT2D eigenvalue weighted by atomic mass is 10.2. The second kappa shape index (κ2) is 7.46. The van der Waals surface area contributed by atoms with Crippen LogP contribution in [0.3, 0.4) is 0 Å². The molecule has 1 fully saturated rings. The van der Waals surface area contributed by atoms with Gasteiger partial charge in [0.15, 0.2) is 0 Å². The van der Waals surface area contributed by atoms with Crippen LogP contribution in [0.25, 0.3) is 10.2 Å². The Hall–Kier alpha value is -1.70. The molecule has 1 aromatic heterocycles. The smallest absolute Gasteiger partial charge is 0.319 e. The van der Waals surface area contributed by atoms with Gasteiger partial charge in [-0.2, -0.15) is 0 Å². The van der Waals surface area contributed by atoms with Crippen LogP contribution >= 0.6 is 11.3 Å².